The van der Waals surface area contributed by atoms with Gasteiger partial charge in [0.2, 0.25) is 5.91 Å². The van der Waals surface area contributed by atoms with Crippen molar-refractivity contribution >= 4 is 35.8 Å². The molecule has 0 radical (unpaired) electrons. The Labute approximate surface area is 182 Å². The third-order valence-electron chi connectivity index (χ3n) is 5.36. The number of hydrogen-bond acceptors (Lipinski definition) is 4. The lowest BCUT2D eigenvalue weighted by atomic mass is 9.99. The molecule has 2 N–H and O–H groups in total. The lowest BCUT2D eigenvalue weighted by Gasteiger charge is -2.33. The number of piperidine rings is 2. The van der Waals surface area contributed by atoms with E-state index in [1.54, 1.807) is 4.90 Å². The molecule has 158 valence electrons. The summed E-state index contributed by atoms with van der Waals surface area (Å²) in [4.78, 5) is 23.0. The molecule has 0 aromatic rings. The number of likely N-dealkylation sites (N-methyl/N-ethyl adjacent to an activating group) is 1. The van der Waals surface area contributed by atoms with Gasteiger partial charge in [-0.05, 0) is 52.1 Å². The van der Waals surface area contributed by atoms with Crippen LogP contribution >= 0.6 is 24.0 Å². The molecule has 0 bridgehead atoms. The topological polar surface area (TPSA) is 63.2 Å². The summed E-state index contributed by atoms with van der Waals surface area (Å²) in [5.41, 5.74) is 0. The van der Waals surface area contributed by atoms with Crippen molar-refractivity contribution in [3.63, 3.8) is 0 Å². The first-order chi connectivity index (χ1) is 12.5. The summed E-state index contributed by atoms with van der Waals surface area (Å²) in [5.74, 6) is 1.80. The number of carbonyl (C=O) groups excluding carboxylic acids is 1. The van der Waals surface area contributed by atoms with Crippen LogP contribution in [0.15, 0.2) is 4.99 Å². The molecule has 0 spiro atoms. The van der Waals surface area contributed by atoms with Crippen molar-refractivity contribution in [1.82, 2.24) is 25.3 Å². The van der Waals surface area contributed by atoms with Crippen molar-refractivity contribution in [2.45, 2.75) is 38.6 Å². The van der Waals surface area contributed by atoms with Crippen LogP contribution in [0.25, 0.3) is 0 Å². The summed E-state index contributed by atoms with van der Waals surface area (Å²) < 4.78 is 0. The van der Waals surface area contributed by atoms with E-state index in [2.05, 4.69) is 34.4 Å². The molecule has 1 amide bonds. The summed E-state index contributed by atoms with van der Waals surface area (Å²) >= 11 is 0. The van der Waals surface area contributed by atoms with Gasteiger partial charge in [0, 0.05) is 52.9 Å². The van der Waals surface area contributed by atoms with Gasteiger partial charge in [0.15, 0.2) is 5.96 Å². The first kappa shape index (κ1) is 24.4. The van der Waals surface area contributed by atoms with Crippen LogP contribution in [0.3, 0.4) is 0 Å². The van der Waals surface area contributed by atoms with Crippen molar-refractivity contribution in [2.75, 3.05) is 67.0 Å². The van der Waals surface area contributed by atoms with Gasteiger partial charge in [-0.1, -0.05) is 0 Å². The molecular formula is C19H39IN6O. The first-order valence-corrected chi connectivity index (χ1v) is 10.1. The second kappa shape index (κ2) is 12.8. The highest BCUT2D eigenvalue weighted by atomic mass is 127. The second-order valence-electron chi connectivity index (χ2n) is 7.97. The minimum absolute atomic E-state index is 0. The van der Waals surface area contributed by atoms with Gasteiger partial charge in [-0.25, -0.2) is 0 Å². The van der Waals surface area contributed by atoms with E-state index in [1.165, 1.54) is 19.4 Å². The highest BCUT2D eigenvalue weighted by Gasteiger charge is 2.22. The molecule has 0 aliphatic carbocycles. The number of likely N-dealkylation sites (tertiary alicyclic amines) is 2. The van der Waals surface area contributed by atoms with E-state index < -0.39 is 0 Å². The van der Waals surface area contributed by atoms with E-state index in [0.29, 0.717) is 18.5 Å². The Morgan fingerprint density at radius 1 is 1.19 bits per heavy atom. The lowest BCUT2D eigenvalue weighted by molar-refractivity contribution is -0.130. The standard InChI is InChI=1S/C19H38N6O.HI/c1-5-20-19(21-13-16-7-6-10-24(4)14-16)22-17-8-11-25(12-9-17)15-18(26)23(2)3;/h16-17H,5-15H2,1-4H3,(H2,20,21,22);1H. The van der Waals surface area contributed by atoms with E-state index in [1.807, 2.05) is 14.1 Å². The van der Waals surface area contributed by atoms with Gasteiger partial charge in [0.25, 0.3) is 0 Å². The monoisotopic (exact) mass is 494 g/mol. The Balaban J connectivity index is 0.00000364. The maximum Gasteiger partial charge on any atom is 0.236 e. The number of rotatable bonds is 6. The molecule has 2 aliphatic rings. The quantitative estimate of drug-likeness (QED) is 0.329. The summed E-state index contributed by atoms with van der Waals surface area (Å²) in [6.07, 6.45) is 4.67. The average Bonchev–Trinajstić information content (AvgIpc) is 2.61. The van der Waals surface area contributed by atoms with Crippen molar-refractivity contribution < 1.29 is 4.79 Å². The maximum atomic E-state index is 11.9. The Morgan fingerprint density at radius 2 is 1.89 bits per heavy atom. The Bertz CT molecular complexity index is 465. The molecule has 0 aromatic carbocycles. The number of nitrogens with one attached hydrogen (secondary N) is 2. The van der Waals surface area contributed by atoms with Crippen molar-refractivity contribution in [3.8, 4) is 0 Å². The van der Waals surface area contributed by atoms with E-state index >= 15 is 0 Å². The molecule has 8 heteroatoms. The Kier molecular flexibility index (Phi) is 11.6. The number of nitrogens with zero attached hydrogens (tertiary/aromatic N) is 4. The zero-order chi connectivity index (χ0) is 18.9. The molecular weight excluding hydrogens is 455 g/mol. The Morgan fingerprint density at radius 3 is 2.48 bits per heavy atom. The number of hydrogen-bond donors (Lipinski definition) is 2. The number of carbonyl (C=O) groups is 1. The van der Waals surface area contributed by atoms with Crippen molar-refractivity contribution in [3.05, 3.63) is 0 Å². The van der Waals surface area contributed by atoms with Gasteiger partial charge in [-0.15, -0.1) is 24.0 Å². The van der Waals surface area contributed by atoms with Crippen LogP contribution in [-0.4, -0.2) is 99.6 Å². The molecule has 2 fully saturated rings. The smallest absolute Gasteiger partial charge is 0.236 e. The largest absolute Gasteiger partial charge is 0.357 e. The van der Waals surface area contributed by atoms with E-state index in [9.17, 15) is 4.79 Å². The van der Waals surface area contributed by atoms with Crippen LogP contribution in [-0.2, 0) is 4.79 Å². The summed E-state index contributed by atoms with van der Waals surface area (Å²) in [6.45, 7) is 8.72. The van der Waals surface area contributed by atoms with Gasteiger partial charge in [-0.3, -0.25) is 14.7 Å². The number of halogens is 1. The number of aliphatic imine (C=N–C) groups is 1. The molecule has 0 aromatic heterocycles. The third kappa shape index (κ3) is 8.95. The summed E-state index contributed by atoms with van der Waals surface area (Å²) in [6, 6.07) is 0.438. The molecule has 27 heavy (non-hydrogen) atoms. The molecule has 2 heterocycles. The minimum atomic E-state index is 0. The van der Waals surface area contributed by atoms with E-state index in [4.69, 9.17) is 4.99 Å². The predicted molar refractivity (Wildman–Crippen MR) is 123 cm³/mol. The average molecular weight is 494 g/mol. The van der Waals surface area contributed by atoms with Gasteiger partial charge in [0.05, 0.1) is 6.54 Å². The number of amides is 1. The molecule has 0 saturated carbocycles. The molecule has 7 nitrogen and oxygen atoms in total. The van der Waals surface area contributed by atoms with Crippen LogP contribution in [0.1, 0.15) is 32.6 Å². The van der Waals surface area contributed by atoms with Gasteiger partial charge >= 0.3 is 0 Å². The van der Waals surface area contributed by atoms with Crippen LogP contribution in [0.2, 0.25) is 0 Å². The van der Waals surface area contributed by atoms with Crippen LogP contribution in [0.4, 0.5) is 0 Å². The van der Waals surface area contributed by atoms with Gasteiger partial charge in [-0.2, -0.15) is 0 Å². The van der Waals surface area contributed by atoms with Gasteiger partial charge in [0.1, 0.15) is 0 Å². The van der Waals surface area contributed by atoms with Crippen LogP contribution in [0, 0.1) is 5.92 Å². The maximum absolute atomic E-state index is 11.9. The highest BCUT2D eigenvalue weighted by Crippen LogP contribution is 2.15. The highest BCUT2D eigenvalue weighted by molar-refractivity contribution is 14.0. The van der Waals surface area contributed by atoms with Gasteiger partial charge < -0.3 is 20.4 Å². The first-order valence-electron chi connectivity index (χ1n) is 10.1. The number of guanidine groups is 1. The lowest BCUT2D eigenvalue weighted by Crippen LogP contribution is -2.50. The molecule has 1 unspecified atom stereocenters. The molecule has 2 aliphatic heterocycles. The van der Waals surface area contributed by atoms with Crippen molar-refractivity contribution in [2.24, 2.45) is 10.9 Å². The fourth-order valence-corrected chi connectivity index (χ4v) is 3.72. The predicted octanol–water partition coefficient (Wildman–Crippen LogP) is 1.05. The fraction of sp³-hybridized carbons (Fsp3) is 0.895. The SMILES string of the molecule is CCNC(=NCC1CCCN(C)C1)NC1CCN(CC(=O)N(C)C)CC1.I. The van der Waals surface area contributed by atoms with E-state index in [-0.39, 0.29) is 29.9 Å². The Hall–Kier alpha value is -0.610. The van der Waals surface area contributed by atoms with Crippen LogP contribution < -0.4 is 10.6 Å². The molecule has 2 saturated heterocycles. The third-order valence-corrected chi connectivity index (χ3v) is 5.36. The van der Waals surface area contributed by atoms with Crippen LogP contribution in [0.5, 0.6) is 0 Å². The van der Waals surface area contributed by atoms with Crippen molar-refractivity contribution in [1.29, 1.82) is 0 Å². The fourth-order valence-electron chi connectivity index (χ4n) is 3.72. The summed E-state index contributed by atoms with van der Waals surface area (Å²) in [5, 5.41) is 7.00. The van der Waals surface area contributed by atoms with E-state index in [0.717, 1.165) is 51.5 Å². The normalized spacial score (nSPS) is 22.8. The molecule has 1 atom stereocenters. The summed E-state index contributed by atoms with van der Waals surface area (Å²) in [7, 11) is 5.84. The zero-order valence-corrected chi connectivity index (χ0v) is 19.9. The minimum Gasteiger partial charge on any atom is -0.357 e. The second-order valence-corrected chi connectivity index (χ2v) is 7.97. The molecule has 2 rings (SSSR count). The zero-order valence-electron chi connectivity index (χ0n) is 17.5.